The second kappa shape index (κ2) is 9.89. The molecule has 32 heavy (non-hydrogen) atoms. The molecule has 0 aliphatic heterocycles. The van der Waals surface area contributed by atoms with Crippen molar-refractivity contribution in [1.29, 1.82) is 0 Å². The third-order valence-electron chi connectivity index (χ3n) is 5.75. The molecule has 4 heteroatoms. The Morgan fingerprint density at radius 2 is 0.812 bits per heavy atom. The smallest absolute Gasteiger partial charge is 0.161 e. The first kappa shape index (κ1) is 21.9. The molecule has 0 atom stereocenters. The summed E-state index contributed by atoms with van der Waals surface area (Å²) in [6, 6.07) is 35.6. The first-order valence-electron chi connectivity index (χ1n) is 10.6. The molecular formula is C28H28O3P+. The predicted molar refractivity (Wildman–Crippen MR) is 135 cm³/mol. The van der Waals surface area contributed by atoms with Crippen molar-refractivity contribution in [3.63, 3.8) is 0 Å². The molecule has 0 N–H and O–H groups in total. The van der Waals surface area contributed by atoms with Gasteiger partial charge in [-0.2, -0.15) is 0 Å². The van der Waals surface area contributed by atoms with Crippen molar-refractivity contribution in [3.8, 4) is 17.2 Å². The fourth-order valence-electron chi connectivity index (χ4n) is 4.34. The van der Waals surface area contributed by atoms with Gasteiger partial charge in [0.25, 0.3) is 0 Å². The summed E-state index contributed by atoms with van der Waals surface area (Å²) in [6.07, 6.45) is 0.814. The van der Waals surface area contributed by atoms with E-state index in [1.54, 1.807) is 21.3 Å². The third-order valence-corrected chi connectivity index (χ3v) is 10.2. The van der Waals surface area contributed by atoms with Crippen LogP contribution in [0, 0.1) is 0 Å². The fourth-order valence-corrected chi connectivity index (χ4v) is 9.03. The molecule has 0 spiro atoms. The second-order valence-electron chi connectivity index (χ2n) is 7.47. The lowest BCUT2D eigenvalue weighted by molar-refractivity contribution is 0.416. The maximum absolute atomic E-state index is 5.93. The van der Waals surface area contributed by atoms with Crippen LogP contribution in [-0.4, -0.2) is 21.3 Å². The van der Waals surface area contributed by atoms with Crippen LogP contribution in [0.5, 0.6) is 17.2 Å². The molecule has 0 unspecified atom stereocenters. The van der Waals surface area contributed by atoms with Crippen LogP contribution in [0.4, 0.5) is 0 Å². The molecule has 4 rings (SSSR count). The van der Waals surface area contributed by atoms with E-state index in [1.807, 2.05) is 36.4 Å². The number of hydrogen-bond donors (Lipinski definition) is 0. The summed E-state index contributed by atoms with van der Waals surface area (Å²) < 4.78 is 17.8. The molecule has 0 amide bonds. The molecule has 0 aliphatic carbocycles. The summed E-state index contributed by atoms with van der Waals surface area (Å²) >= 11 is 0. The predicted octanol–water partition coefficient (Wildman–Crippen LogP) is 5.21. The van der Waals surface area contributed by atoms with E-state index in [9.17, 15) is 0 Å². The maximum Gasteiger partial charge on any atom is 0.161 e. The number of hydrogen-bond acceptors (Lipinski definition) is 3. The maximum atomic E-state index is 5.93. The molecule has 0 bridgehead atoms. The Morgan fingerprint density at radius 3 is 1.19 bits per heavy atom. The summed E-state index contributed by atoms with van der Waals surface area (Å²) in [7, 11) is 2.90. The molecule has 3 nitrogen and oxygen atoms in total. The Bertz CT molecular complexity index is 1060. The van der Waals surface area contributed by atoms with E-state index in [2.05, 4.69) is 66.7 Å². The number of benzene rings is 4. The van der Waals surface area contributed by atoms with Crippen molar-refractivity contribution in [2.45, 2.75) is 6.16 Å². The molecule has 0 saturated heterocycles. The van der Waals surface area contributed by atoms with Gasteiger partial charge in [-0.15, -0.1) is 0 Å². The zero-order chi connectivity index (χ0) is 22.4. The van der Waals surface area contributed by atoms with Crippen LogP contribution in [0.15, 0.2) is 103 Å². The first-order valence-corrected chi connectivity index (χ1v) is 12.5. The minimum absolute atomic E-state index is 0.814. The highest BCUT2D eigenvalue weighted by Crippen LogP contribution is 2.62. The minimum atomic E-state index is -2.31. The molecule has 162 valence electrons. The lowest BCUT2D eigenvalue weighted by Crippen LogP contribution is -2.34. The molecule has 0 radical (unpaired) electrons. The molecular weight excluding hydrogens is 415 g/mol. The molecule has 0 aliphatic rings. The molecule has 0 fully saturated rings. The lowest BCUT2D eigenvalue weighted by Gasteiger charge is -2.30. The topological polar surface area (TPSA) is 27.7 Å². The van der Waals surface area contributed by atoms with Gasteiger partial charge in [0.1, 0.15) is 23.2 Å². The SMILES string of the molecule is COc1ccccc1[P+](Cc1ccccc1)(c1ccccc1OC)c1ccccc1OC. The van der Waals surface area contributed by atoms with E-state index in [0.717, 1.165) is 23.4 Å². The van der Waals surface area contributed by atoms with Crippen molar-refractivity contribution in [3.05, 3.63) is 109 Å². The van der Waals surface area contributed by atoms with Gasteiger partial charge in [0.15, 0.2) is 17.2 Å². The minimum Gasteiger partial charge on any atom is -0.493 e. The van der Waals surface area contributed by atoms with Crippen LogP contribution in [-0.2, 0) is 6.16 Å². The van der Waals surface area contributed by atoms with Gasteiger partial charge in [0.05, 0.1) is 27.5 Å². The van der Waals surface area contributed by atoms with Gasteiger partial charge in [-0.25, -0.2) is 0 Å². The highest BCUT2D eigenvalue weighted by atomic mass is 31.2. The highest BCUT2D eigenvalue weighted by molar-refractivity contribution is 7.95. The average molecular weight is 444 g/mol. The summed E-state index contributed by atoms with van der Waals surface area (Å²) in [5, 5.41) is 3.50. The Balaban J connectivity index is 2.16. The monoisotopic (exact) mass is 443 g/mol. The summed E-state index contributed by atoms with van der Waals surface area (Å²) in [5.41, 5.74) is 1.25. The van der Waals surface area contributed by atoms with Crippen LogP contribution in [0.3, 0.4) is 0 Å². The number of para-hydroxylation sites is 3. The van der Waals surface area contributed by atoms with Crippen LogP contribution in [0.25, 0.3) is 0 Å². The highest BCUT2D eigenvalue weighted by Gasteiger charge is 2.51. The van der Waals surface area contributed by atoms with Gasteiger partial charge in [-0.3, -0.25) is 0 Å². The van der Waals surface area contributed by atoms with E-state index in [0.29, 0.717) is 0 Å². The van der Waals surface area contributed by atoms with Crippen LogP contribution in [0.2, 0.25) is 0 Å². The van der Waals surface area contributed by atoms with E-state index in [1.165, 1.54) is 21.5 Å². The number of ether oxygens (including phenoxy) is 3. The quantitative estimate of drug-likeness (QED) is 0.350. The molecule has 4 aromatic carbocycles. The largest absolute Gasteiger partial charge is 0.493 e. The second-order valence-corrected chi connectivity index (χ2v) is 10.9. The van der Waals surface area contributed by atoms with E-state index < -0.39 is 7.26 Å². The van der Waals surface area contributed by atoms with Crippen LogP contribution in [0.1, 0.15) is 5.56 Å². The van der Waals surface area contributed by atoms with Crippen molar-refractivity contribution in [1.82, 2.24) is 0 Å². The van der Waals surface area contributed by atoms with E-state index in [-0.39, 0.29) is 0 Å². The Kier molecular flexibility index (Phi) is 6.78. The van der Waals surface area contributed by atoms with Crippen molar-refractivity contribution in [2.24, 2.45) is 0 Å². The summed E-state index contributed by atoms with van der Waals surface area (Å²) in [6.45, 7) is 0. The third kappa shape index (κ3) is 3.97. The van der Waals surface area contributed by atoms with Crippen molar-refractivity contribution < 1.29 is 14.2 Å². The number of rotatable bonds is 8. The van der Waals surface area contributed by atoms with Crippen molar-refractivity contribution >= 4 is 23.2 Å². The van der Waals surface area contributed by atoms with Gasteiger partial charge in [0, 0.05) is 0 Å². The van der Waals surface area contributed by atoms with Gasteiger partial charge in [0.2, 0.25) is 0 Å². The average Bonchev–Trinajstić information content (AvgIpc) is 2.88. The first-order chi connectivity index (χ1) is 15.7. The van der Waals surface area contributed by atoms with Gasteiger partial charge in [-0.05, 0) is 42.0 Å². The standard InChI is InChI=1S/C28H28O3P/c1-29-23-15-7-10-18-26(23)32(21-22-13-5-4-6-14-22,27-19-11-8-16-24(27)30-2)28-20-12-9-17-25(28)31-3/h4-20H,21H2,1-3H3/q+1. The Labute approximate surface area is 190 Å². The van der Waals surface area contributed by atoms with Crippen molar-refractivity contribution in [2.75, 3.05) is 21.3 Å². The lowest BCUT2D eigenvalue weighted by atomic mass is 10.2. The Morgan fingerprint density at radius 1 is 0.469 bits per heavy atom. The van der Waals surface area contributed by atoms with Crippen LogP contribution >= 0.6 is 7.26 Å². The molecule has 4 aromatic rings. The van der Waals surface area contributed by atoms with Crippen LogP contribution < -0.4 is 30.1 Å². The molecule has 0 saturated carbocycles. The molecule has 0 aromatic heterocycles. The zero-order valence-electron chi connectivity index (χ0n) is 18.7. The van der Waals surface area contributed by atoms with Gasteiger partial charge in [-0.1, -0.05) is 66.7 Å². The zero-order valence-corrected chi connectivity index (χ0v) is 19.6. The van der Waals surface area contributed by atoms with E-state index in [4.69, 9.17) is 14.2 Å². The van der Waals surface area contributed by atoms with Gasteiger partial charge < -0.3 is 14.2 Å². The number of methoxy groups -OCH3 is 3. The van der Waals surface area contributed by atoms with E-state index >= 15 is 0 Å². The van der Waals surface area contributed by atoms with Gasteiger partial charge >= 0.3 is 0 Å². The molecule has 0 heterocycles. The fraction of sp³-hybridized carbons (Fsp3) is 0.143. The summed E-state index contributed by atoms with van der Waals surface area (Å²) in [5.74, 6) is 2.61. The normalized spacial score (nSPS) is 11.1. The summed E-state index contributed by atoms with van der Waals surface area (Å²) in [4.78, 5) is 0. The Hall–Kier alpha value is -3.29.